The van der Waals surface area contributed by atoms with Crippen molar-refractivity contribution in [2.45, 2.75) is 0 Å². The number of carbonyl (C=O) groups excluding carboxylic acids is 1. The number of nitrogens with one attached hydrogen (secondary N) is 1. The van der Waals surface area contributed by atoms with Crippen LogP contribution < -0.4 is 5.32 Å². The molecule has 1 amide bonds. The Hall–Kier alpha value is -1.56. The van der Waals surface area contributed by atoms with Crippen LogP contribution in [0.15, 0.2) is 24.3 Å². The van der Waals surface area contributed by atoms with Crippen molar-refractivity contribution in [3.63, 3.8) is 0 Å². The molecule has 0 saturated carbocycles. The standard InChI is InChI=1S/C9H8FNO3.CH4S/c10-7-3-1-6(2-4-7)9(14)11-5-8(12)13;1-2/h1-4H,5H2,(H,11,14)(H,12,13);2H,1H3. The number of amides is 1. The van der Waals surface area contributed by atoms with Gasteiger partial charge in [0.1, 0.15) is 12.4 Å². The molecule has 0 aliphatic rings. The predicted molar refractivity (Wildman–Crippen MR) is 61.3 cm³/mol. The quantitative estimate of drug-likeness (QED) is 0.701. The van der Waals surface area contributed by atoms with Gasteiger partial charge in [0.15, 0.2) is 0 Å². The third-order valence-electron chi connectivity index (χ3n) is 1.51. The maximum Gasteiger partial charge on any atom is 0.322 e. The van der Waals surface area contributed by atoms with Gasteiger partial charge in [0, 0.05) is 5.56 Å². The molecule has 0 aromatic heterocycles. The van der Waals surface area contributed by atoms with Crippen LogP contribution in [-0.4, -0.2) is 29.8 Å². The number of carboxylic acid groups (broad SMARTS) is 1. The van der Waals surface area contributed by atoms with Crippen LogP contribution in [0.25, 0.3) is 0 Å². The number of carboxylic acids is 1. The highest BCUT2D eigenvalue weighted by Gasteiger charge is 2.06. The number of hydrogen-bond donors (Lipinski definition) is 3. The fourth-order valence-corrected chi connectivity index (χ4v) is 0.859. The van der Waals surface area contributed by atoms with Gasteiger partial charge in [0.25, 0.3) is 5.91 Å². The van der Waals surface area contributed by atoms with Crippen molar-refractivity contribution in [1.29, 1.82) is 0 Å². The van der Waals surface area contributed by atoms with E-state index >= 15 is 0 Å². The van der Waals surface area contributed by atoms with Crippen molar-refractivity contribution in [2.24, 2.45) is 0 Å². The lowest BCUT2D eigenvalue weighted by atomic mass is 10.2. The summed E-state index contributed by atoms with van der Waals surface area (Å²) in [6.45, 7) is -0.448. The summed E-state index contributed by atoms with van der Waals surface area (Å²) in [5.74, 6) is -2.10. The molecule has 0 fully saturated rings. The number of aliphatic carboxylic acids is 1. The molecule has 1 aromatic carbocycles. The molecule has 0 radical (unpaired) electrons. The van der Waals surface area contributed by atoms with E-state index < -0.39 is 24.2 Å². The van der Waals surface area contributed by atoms with Crippen molar-refractivity contribution >= 4 is 24.5 Å². The number of halogens is 1. The van der Waals surface area contributed by atoms with Crippen molar-refractivity contribution < 1.29 is 19.1 Å². The predicted octanol–water partition coefficient (Wildman–Crippen LogP) is 1.19. The number of benzene rings is 1. The average molecular weight is 245 g/mol. The Morgan fingerprint density at radius 2 is 1.81 bits per heavy atom. The highest BCUT2D eigenvalue weighted by atomic mass is 32.1. The summed E-state index contributed by atoms with van der Waals surface area (Å²) >= 11 is 3.53. The maximum absolute atomic E-state index is 12.4. The van der Waals surface area contributed by atoms with E-state index in [0.717, 1.165) is 12.1 Å². The van der Waals surface area contributed by atoms with Crippen LogP contribution in [0.4, 0.5) is 4.39 Å². The summed E-state index contributed by atoms with van der Waals surface area (Å²) < 4.78 is 12.4. The van der Waals surface area contributed by atoms with Gasteiger partial charge in [-0.1, -0.05) is 0 Å². The second kappa shape index (κ2) is 7.70. The Morgan fingerprint density at radius 3 is 2.25 bits per heavy atom. The fraction of sp³-hybridized carbons (Fsp3) is 0.200. The first kappa shape index (κ1) is 14.4. The van der Waals surface area contributed by atoms with Crippen LogP contribution in [0.1, 0.15) is 10.4 Å². The maximum atomic E-state index is 12.4. The molecule has 1 aromatic rings. The van der Waals surface area contributed by atoms with E-state index in [1.165, 1.54) is 12.1 Å². The molecule has 0 aliphatic heterocycles. The second-order valence-electron chi connectivity index (χ2n) is 2.58. The van der Waals surface area contributed by atoms with Gasteiger partial charge < -0.3 is 10.4 Å². The Morgan fingerprint density at radius 1 is 1.31 bits per heavy atom. The van der Waals surface area contributed by atoms with Crippen LogP contribution in [0.2, 0.25) is 0 Å². The summed E-state index contributed by atoms with van der Waals surface area (Å²) in [7, 11) is 0. The molecule has 1 rings (SSSR count). The van der Waals surface area contributed by atoms with Gasteiger partial charge >= 0.3 is 5.97 Å². The molecule has 0 atom stereocenters. The number of rotatable bonds is 3. The Bertz CT molecular complexity index is 354. The minimum Gasteiger partial charge on any atom is -0.480 e. The van der Waals surface area contributed by atoms with E-state index in [-0.39, 0.29) is 5.56 Å². The monoisotopic (exact) mass is 245 g/mol. The molecule has 0 unspecified atom stereocenters. The Labute approximate surface area is 97.9 Å². The molecule has 0 aliphatic carbocycles. The number of carbonyl (C=O) groups is 2. The fourth-order valence-electron chi connectivity index (χ4n) is 0.859. The summed E-state index contributed by atoms with van der Waals surface area (Å²) in [6, 6.07) is 4.84. The van der Waals surface area contributed by atoms with E-state index in [4.69, 9.17) is 5.11 Å². The van der Waals surface area contributed by atoms with Crippen LogP contribution >= 0.6 is 12.6 Å². The third-order valence-corrected chi connectivity index (χ3v) is 1.51. The van der Waals surface area contributed by atoms with Gasteiger partial charge in [-0.05, 0) is 30.5 Å². The van der Waals surface area contributed by atoms with Crippen LogP contribution in [0.5, 0.6) is 0 Å². The zero-order chi connectivity index (χ0) is 12.6. The van der Waals surface area contributed by atoms with E-state index in [1.54, 1.807) is 6.26 Å². The first-order valence-corrected chi connectivity index (χ1v) is 5.19. The van der Waals surface area contributed by atoms with Gasteiger partial charge in [-0.15, -0.1) is 0 Å². The highest BCUT2D eigenvalue weighted by Crippen LogP contribution is 2.01. The first-order valence-electron chi connectivity index (χ1n) is 4.30. The van der Waals surface area contributed by atoms with E-state index in [1.807, 2.05) is 0 Å². The molecule has 0 heterocycles. The van der Waals surface area contributed by atoms with Gasteiger partial charge in [-0.2, -0.15) is 12.6 Å². The van der Waals surface area contributed by atoms with Gasteiger partial charge in [0.05, 0.1) is 0 Å². The average Bonchev–Trinajstić information content (AvgIpc) is 2.29. The van der Waals surface area contributed by atoms with Crippen molar-refractivity contribution in [1.82, 2.24) is 5.32 Å². The lowest BCUT2D eigenvalue weighted by molar-refractivity contribution is -0.135. The topological polar surface area (TPSA) is 66.4 Å². The van der Waals surface area contributed by atoms with Gasteiger partial charge in [-0.25, -0.2) is 4.39 Å². The summed E-state index contributed by atoms with van der Waals surface area (Å²) in [4.78, 5) is 21.3. The SMILES string of the molecule is CS.O=C(O)CNC(=O)c1ccc(F)cc1. The lowest BCUT2D eigenvalue weighted by Gasteiger charge is -2.01. The zero-order valence-electron chi connectivity index (χ0n) is 8.61. The largest absolute Gasteiger partial charge is 0.480 e. The molecular formula is C10H12FNO3S. The molecular weight excluding hydrogens is 233 g/mol. The summed E-state index contributed by atoms with van der Waals surface area (Å²) in [5, 5.41) is 10.4. The minimum absolute atomic E-state index is 0.229. The molecule has 4 nitrogen and oxygen atoms in total. The molecule has 0 saturated heterocycles. The molecule has 2 N–H and O–H groups in total. The number of thiol groups is 1. The Balaban J connectivity index is 0.00000106. The second-order valence-corrected chi connectivity index (χ2v) is 2.58. The summed E-state index contributed by atoms with van der Waals surface area (Å²) in [6.07, 6.45) is 1.69. The molecule has 6 heteroatoms. The van der Waals surface area contributed by atoms with Crippen molar-refractivity contribution in [2.75, 3.05) is 12.8 Å². The molecule has 88 valence electrons. The van der Waals surface area contributed by atoms with E-state index in [9.17, 15) is 14.0 Å². The van der Waals surface area contributed by atoms with E-state index in [0.29, 0.717) is 0 Å². The van der Waals surface area contributed by atoms with Crippen LogP contribution in [0, 0.1) is 5.82 Å². The van der Waals surface area contributed by atoms with E-state index in [2.05, 4.69) is 17.9 Å². The molecule has 0 bridgehead atoms. The Kier molecular flexibility index (Phi) is 6.95. The summed E-state index contributed by atoms with van der Waals surface area (Å²) in [5.41, 5.74) is 0.229. The highest BCUT2D eigenvalue weighted by molar-refractivity contribution is 7.79. The normalized spacial score (nSPS) is 8.69. The van der Waals surface area contributed by atoms with Gasteiger partial charge in [-0.3, -0.25) is 9.59 Å². The molecule has 0 spiro atoms. The number of hydrogen-bond acceptors (Lipinski definition) is 3. The van der Waals surface area contributed by atoms with Crippen LogP contribution in [-0.2, 0) is 4.79 Å². The van der Waals surface area contributed by atoms with Crippen molar-refractivity contribution in [3.05, 3.63) is 35.6 Å². The van der Waals surface area contributed by atoms with Crippen LogP contribution in [0.3, 0.4) is 0 Å². The van der Waals surface area contributed by atoms with Crippen molar-refractivity contribution in [3.8, 4) is 0 Å². The third kappa shape index (κ3) is 5.35. The smallest absolute Gasteiger partial charge is 0.322 e. The van der Waals surface area contributed by atoms with Gasteiger partial charge in [0.2, 0.25) is 0 Å². The molecule has 16 heavy (non-hydrogen) atoms. The minimum atomic E-state index is -1.12. The first-order chi connectivity index (χ1) is 7.59. The lowest BCUT2D eigenvalue weighted by Crippen LogP contribution is -2.29. The zero-order valence-corrected chi connectivity index (χ0v) is 9.50.